The summed E-state index contributed by atoms with van der Waals surface area (Å²) in [7, 11) is 0. The van der Waals surface area contributed by atoms with Gasteiger partial charge in [-0.15, -0.1) is 0 Å². The van der Waals surface area contributed by atoms with Crippen LogP contribution in [0, 0.1) is 5.92 Å². The standard InChI is InChI=1S/C9H20N2O/c1-8-2-4-11(5-3-8)6-9(10)7-12/h8-9,12H,2-7,10H2,1H3. The van der Waals surface area contributed by atoms with Gasteiger partial charge in [-0.1, -0.05) is 6.92 Å². The first-order chi connectivity index (χ1) is 5.72. The predicted molar refractivity (Wildman–Crippen MR) is 49.9 cm³/mol. The van der Waals surface area contributed by atoms with Crippen molar-refractivity contribution in [2.75, 3.05) is 26.2 Å². The van der Waals surface area contributed by atoms with Gasteiger partial charge in [0.2, 0.25) is 0 Å². The Bertz CT molecular complexity index is 122. The molecule has 0 spiro atoms. The molecule has 0 aromatic rings. The van der Waals surface area contributed by atoms with Gasteiger partial charge in [0.25, 0.3) is 0 Å². The van der Waals surface area contributed by atoms with E-state index in [1.54, 1.807) is 0 Å². The van der Waals surface area contributed by atoms with Crippen LogP contribution >= 0.6 is 0 Å². The SMILES string of the molecule is CC1CCN(CC(N)CO)CC1. The van der Waals surface area contributed by atoms with Crippen molar-refractivity contribution in [3.8, 4) is 0 Å². The van der Waals surface area contributed by atoms with Crippen molar-refractivity contribution in [2.45, 2.75) is 25.8 Å². The van der Waals surface area contributed by atoms with E-state index in [0.717, 1.165) is 25.6 Å². The summed E-state index contributed by atoms with van der Waals surface area (Å²) in [5.41, 5.74) is 5.65. The molecule has 1 unspecified atom stereocenters. The average Bonchev–Trinajstić information content (AvgIpc) is 2.09. The molecule has 0 amide bonds. The molecule has 1 heterocycles. The van der Waals surface area contributed by atoms with E-state index in [9.17, 15) is 0 Å². The molecule has 3 heteroatoms. The zero-order valence-corrected chi connectivity index (χ0v) is 7.87. The summed E-state index contributed by atoms with van der Waals surface area (Å²) in [6, 6.07) is -0.0570. The maximum Gasteiger partial charge on any atom is 0.0595 e. The fourth-order valence-corrected chi connectivity index (χ4v) is 1.63. The van der Waals surface area contributed by atoms with Crippen molar-refractivity contribution in [1.82, 2.24) is 4.90 Å². The Morgan fingerprint density at radius 3 is 2.58 bits per heavy atom. The number of hydrogen-bond acceptors (Lipinski definition) is 3. The minimum absolute atomic E-state index is 0.0570. The quantitative estimate of drug-likeness (QED) is 0.632. The second-order valence-corrected chi connectivity index (χ2v) is 3.93. The van der Waals surface area contributed by atoms with Crippen LogP contribution in [0.4, 0.5) is 0 Å². The summed E-state index contributed by atoms with van der Waals surface area (Å²) in [5, 5.41) is 8.77. The van der Waals surface area contributed by atoms with Gasteiger partial charge in [0.1, 0.15) is 0 Å². The van der Waals surface area contributed by atoms with Crippen LogP contribution < -0.4 is 5.73 Å². The molecular formula is C9H20N2O. The summed E-state index contributed by atoms with van der Waals surface area (Å²) in [4.78, 5) is 2.35. The molecule has 3 N–H and O–H groups in total. The first-order valence-electron chi connectivity index (χ1n) is 4.81. The van der Waals surface area contributed by atoms with E-state index in [4.69, 9.17) is 10.8 Å². The molecule has 0 aromatic heterocycles. The third-order valence-electron chi connectivity index (χ3n) is 2.60. The van der Waals surface area contributed by atoms with E-state index in [1.807, 2.05) is 0 Å². The summed E-state index contributed by atoms with van der Waals surface area (Å²) >= 11 is 0. The van der Waals surface area contributed by atoms with Gasteiger partial charge in [-0.05, 0) is 31.8 Å². The number of aliphatic hydroxyl groups excluding tert-OH is 1. The van der Waals surface area contributed by atoms with Gasteiger partial charge in [0, 0.05) is 12.6 Å². The smallest absolute Gasteiger partial charge is 0.0595 e. The Morgan fingerprint density at radius 2 is 2.08 bits per heavy atom. The molecule has 3 nitrogen and oxygen atoms in total. The number of nitrogens with two attached hydrogens (primary N) is 1. The van der Waals surface area contributed by atoms with Crippen molar-refractivity contribution in [3.63, 3.8) is 0 Å². The summed E-state index contributed by atoms with van der Waals surface area (Å²) in [6.45, 7) is 5.54. The molecule has 1 aliphatic heterocycles. The van der Waals surface area contributed by atoms with Gasteiger partial charge >= 0.3 is 0 Å². The lowest BCUT2D eigenvalue weighted by molar-refractivity contribution is 0.159. The van der Waals surface area contributed by atoms with Gasteiger partial charge in [-0.2, -0.15) is 0 Å². The zero-order valence-electron chi connectivity index (χ0n) is 7.87. The molecule has 0 radical (unpaired) electrons. The highest BCUT2D eigenvalue weighted by atomic mass is 16.3. The van der Waals surface area contributed by atoms with Gasteiger partial charge in [0.05, 0.1) is 6.61 Å². The van der Waals surface area contributed by atoms with Crippen LogP contribution in [0.25, 0.3) is 0 Å². The highest BCUT2D eigenvalue weighted by Crippen LogP contribution is 2.15. The molecule has 1 saturated heterocycles. The lowest BCUT2D eigenvalue weighted by atomic mass is 9.99. The summed E-state index contributed by atoms with van der Waals surface area (Å²) in [6.07, 6.45) is 2.55. The van der Waals surface area contributed by atoms with E-state index >= 15 is 0 Å². The van der Waals surface area contributed by atoms with Gasteiger partial charge in [0.15, 0.2) is 0 Å². The number of nitrogens with zero attached hydrogens (tertiary/aromatic N) is 1. The lowest BCUT2D eigenvalue weighted by Gasteiger charge is -2.31. The van der Waals surface area contributed by atoms with Crippen molar-refractivity contribution < 1.29 is 5.11 Å². The van der Waals surface area contributed by atoms with Crippen molar-refractivity contribution in [1.29, 1.82) is 0 Å². The summed E-state index contributed by atoms with van der Waals surface area (Å²) in [5.74, 6) is 0.867. The lowest BCUT2D eigenvalue weighted by Crippen LogP contribution is -2.43. The van der Waals surface area contributed by atoms with Crippen molar-refractivity contribution >= 4 is 0 Å². The number of likely N-dealkylation sites (tertiary alicyclic amines) is 1. The molecule has 0 saturated carbocycles. The van der Waals surface area contributed by atoms with Gasteiger partial charge in [-0.3, -0.25) is 0 Å². The Hall–Kier alpha value is -0.120. The molecule has 12 heavy (non-hydrogen) atoms. The third kappa shape index (κ3) is 3.09. The zero-order chi connectivity index (χ0) is 8.97. The monoisotopic (exact) mass is 172 g/mol. The average molecular weight is 172 g/mol. The largest absolute Gasteiger partial charge is 0.395 e. The number of rotatable bonds is 3. The minimum atomic E-state index is -0.0570. The fraction of sp³-hybridized carbons (Fsp3) is 1.00. The van der Waals surface area contributed by atoms with E-state index in [2.05, 4.69) is 11.8 Å². The van der Waals surface area contributed by atoms with E-state index in [-0.39, 0.29) is 12.6 Å². The first kappa shape index (κ1) is 9.96. The van der Waals surface area contributed by atoms with Crippen molar-refractivity contribution in [3.05, 3.63) is 0 Å². The summed E-state index contributed by atoms with van der Waals surface area (Å²) < 4.78 is 0. The van der Waals surface area contributed by atoms with Crippen LogP contribution in [-0.4, -0.2) is 42.3 Å². The Morgan fingerprint density at radius 1 is 1.50 bits per heavy atom. The van der Waals surface area contributed by atoms with Crippen molar-refractivity contribution in [2.24, 2.45) is 11.7 Å². The molecule has 72 valence electrons. The van der Waals surface area contributed by atoms with Crippen LogP contribution in [-0.2, 0) is 0 Å². The number of hydrogen-bond donors (Lipinski definition) is 2. The second-order valence-electron chi connectivity index (χ2n) is 3.93. The Balaban J connectivity index is 2.17. The molecule has 1 fully saturated rings. The van der Waals surface area contributed by atoms with Gasteiger partial charge in [-0.25, -0.2) is 0 Å². The van der Waals surface area contributed by atoms with Crippen LogP contribution in [0.15, 0.2) is 0 Å². The highest BCUT2D eigenvalue weighted by molar-refractivity contribution is 4.73. The predicted octanol–water partition coefficient (Wildman–Crippen LogP) is 0.0379. The van der Waals surface area contributed by atoms with Crippen LogP contribution in [0.1, 0.15) is 19.8 Å². The number of piperidine rings is 1. The van der Waals surface area contributed by atoms with E-state index < -0.39 is 0 Å². The molecule has 1 rings (SSSR count). The van der Waals surface area contributed by atoms with Crippen LogP contribution in [0.2, 0.25) is 0 Å². The molecule has 0 aliphatic carbocycles. The van der Waals surface area contributed by atoms with Crippen LogP contribution in [0.5, 0.6) is 0 Å². The molecule has 0 aromatic carbocycles. The maximum atomic E-state index is 8.77. The molecular weight excluding hydrogens is 152 g/mol. The fourth-order valence-electron chi connectivity index (χ4n) is 1.63. The topological polar surface area (TPSA) is 49.5 Å². The van der Waals surface area contributed by atoms with E-state index in [0.29, 0.717) is 0 Å². The van der Waals surface area contributed by atoms with E-state index in [1.165, 1.54) is 12.8 Å². The first-order valence-corrected chi connectivity index (χ1v) is 4.81. The molecule has 1 atom stereocenters. The normalized spacial score (nSPS) is 24.2. The maximum absolute atomic E-state index is 8.77. The van der Waals surface area contributed by atoms with Gasteiger partial charge < -0.3 is 15.7 Å². The third-order valence-corrected chi connectivity index (χ3v) is 2.60. The van der Waals surface area contributed by atoms with Crippen LogP contribution in [0.3, 0.4) is 0 Å². The molecule has 0 bridgehead atoms. The minimum Gasteiger partial charge on any atom is -0.395 e. The molecule has 1 aliphatic rings. The Labute approximate surface area is 74.5 Å². The Kier molecular flexibility index (Phi) is 3.98. The number of aliphatic hydroxyl groups is 1. The second kappa shape index (κ2) is 4.80. The highest BCUT2D eigenvalue weighted by Gasteiger charge is 2.16.